The zero-order valence-corrected chi connectivity index (χ0v) is 52.1. The van der Waals surface area contributed by atoms with Crippen LogP contribution in [0.3, 0.4) is 0 Å². The number of benzene rings is 4. The maximum Gasteiger partial charge on any atom is 0.373 e. The molecule has 2 atom stereocenters. The Labute approximate surface area is 507 Å². The number of nitrogens with zero attached hydrogens (tertiary/aromatic N) is 6. The van der Waals surface area contributed by atoms with Gasteiger partial charge in [0.25, 0.3) is 0 Å². The highest BCUT2D eigenvalue weighted by molar-refractivity contribution is 6.00. The number of likely N-dealkylation sites (tertiary alicyclic amines) is 2. The van der Waals surface area contributed by atoms with E-state index in [9.17, 15) is 9.90 Å². The molecule has 0 spiro atoms. The molecule has 83 heavy (non-hydrogen) atoms. The van der Waals surface area contributed by atoms with Gasteiger partial charge in [0.15, 0.2) is 0 Å². The molecule has 4 fully saturated rings. The summed E-state index contributed by atoms with van der Waals surface area (Å²) in [6.07, 6.45) is 21.0. The fourth-order valence-electron chi connectivity index (χ4n) is 15.3. The summed E-state index contributed by atoms with van der Waals surface area (Å²) in [5.74, 6) is 1.88. The lowest BCUT2D eigenvalue weighted by Crippen LogP contribution is -2.41. The summed E-state index contributed by atoms with van der Waals surface area (Å²) < 4.78 is 15.9. The van der Waals surface area contributed by atoms with Gasteiger partial charge in [-0.2, -0.15) is 9.59 Å². The van der Waals surface area contributed by atoms with Crippen LogP contribution in [0.25, 0.3) is 44.3 Å². The van der Waals surface area contributed by atoms with Crippen LogP contribution in [0.2, 0.25) is 0 Å². The van der Waals surface area contributed by atoms with E-state index in [1.54, 1.807) is 18.7 Å². The van der Waals surface area contributed by atoms with E-state index in [4.69, 9.17) is 19.1 Å². The number of hydrogen-bond acceptors (Lipinski definition) is 9. The van der Waals surface area contributed by atoms with Crippen molar-refractivity contribution in [2.45, 2.75) is 148 Å². The van der Waals surface area contributed by atoms with Crippen LogP contribution in [0.15, 0.2) is 72.8 Å². The lowest BCUT2D eigenvalue weighted by Gasteiger charge is -2.35. The minimum Gasteiger partial charge on any atom is -0.478 e. The van der Waals surface area contributed by atoms with Crippen molar-refractivity contribution in [1.82, 2.24) is 18.9 Å². The van der Waals surface area contributed by atoms with Gasteiger partial charge in [-0.25, -0.2) is 4.79 Å². The van der Waals surface area contributed by atoms with E-state index in [0.717, 1.165) is 89.3 Å². The molecule has 6 aromatic rings. The summed E-state index contributed by atoms with van der Waals surface area (Å²) in [5.41, 5.74) is 18.4. The highest BCUT2D eigenvalue weighted by atomic mass is 35.5. The zero-order valence-electron chi connectivity index (χ0n) is 50.4. The number of carboxylic acids is 1. The number of aryl methyl sites for hydroxylation is 3. The minimum absolute atomic E-state index is 0. The zero-order chi connectivity index (χ0) is 56.4. The highest BCUT2D eigenvalue weighted by Crippen LogP contribution is 2.50. The number of hydrogen-bond donors (Lipinski definition) is 1. The molecular weight excluding hydrogens is 1080 g/mol. The molecule has 2 saturated carbocycles. The van der Waals surface area contributed by atoms with Crippen molar-refractivity contribution in [3.05, 3.63) is 106 Å². The van der Waals surface area contributed by atoms with E-state index < -0.39 is 5.97 Å². The summed E-state index contributed by atoms with van der Waals surface area (Å²) in [4.78, 5) is 38.9. The molecule has 6 aliphatic rings. The second-order valence-electron chi connectivity index (χ2n) is 24.8. The first-order valence-corrected chi connectivity index (χ1v) is 31.2. The Morgan fingerprint density at radius 1 is 0.518 bits per heavy atom. The Bertz CT molecular complexity index is 3140. The maximum atomic E-state index is 12.0. The minimum atomic E-state index is -0.853. The van der Waals surface area contributed by atoms with Crippen LogP contribution >= 0.6 is 24.8 Å². The van der Waals surface area contributed by atoms with Gasteiger partial charge < -0.3 is 43.3 Å². The van der Waals surface area contributed by atoms with Crippen LogP contribution in [0, 0.1) is 32.6 Å². The lowest BCUT2D eigenvalue weighted by atomic mass is 9.81. The van der Waals surface area contributed by atoms with Crippen molar-refractivity contribution >= 4 is 70.1 Å². The van der Waals surface area contributed by atoms with Crippen LogP contribution in [0.4, 0.5) is 11.4 Å². The van der Waals surface area contributed by atoms with Crippen molar-refractivity contribution in [3.63, 3.8) is 0 Å². The van der Waals surface area contributed by atoms with Gasteiger partial charge in [-0.1, -0.05) is 81.0 Å². The quantitative estimate of drug-likeness (QED) is 0.107. The first kappa shape index (κ1) is 63.8. The van der Waals surface area contributed by atoms with E-state index in [-0.39, 0.29) is 31.0 Å². The topological polar surface area (TPSA) is 113 Å². The molecule has 1 N–H and O–H groups in total. The van der Waals surface area contributed by atoms with Gasteiger partial charge in [0, 0.05) is 137 Å². The van der Waals surface area contributed by atoms with E-state index in [1.807, 2.05) is 13.2 Å². The van der Waals surface area contributed by atoms with Crippen LogP contribution < -0.4 is 9.80 Å². The number of methoxy groups -OCH3 is 2. The fourth-order valence-corrected chi connectivity index (χ4v) is 15.3. The number of carbonyl (C=O) groups excluding carboxylic acids is 2. The molecule has 0 unspecified atom stereocenters. The molecule has 6 heterocycles. The SMILES string of the molecule is COCC[C@@H]1CCCN(CCN2CCn3c(c(C4CCCCC4)c4ccc(C(=O)O)cc43)-c3ccc(C)cc32)C1.COCC[C@@H]1CCCN(CCN2CCn3c(c(C4CCCCC4)c4ccc(C)cc43)-c3ccc(C)cc32)C1.Cl.Cl.O=C=O. The monoisotopic (exact) mass is 1170 g/mol. The molecule has 2 aliphatic carbocycles. The molecule has 2 saturated heterocycles. The predicted molar refractivity (Wildman–Crippen MR) is 343 cm³/mol. The molecule has 450 valence electrons. The number of carbonyl (C=O) groups is 1. The highest BCUT2D eigenvalue weighted by Gasteiger charge is 2.34. The van der Waals surface area contributed by atoms with Crippen molar-refractivity contribution < 1.29 is 29.0 Å². The first-order chi connectivity index (χ1) is 39.6. The number of ether oxygens (including phenoxy) is 2. The summed E-state index contributed by atoms with van der Waals surface area (Å²) >= 11 is 0. The standard InChI is InChI=1S/C34H45N3O3.C34H47N3O.CO2.2ClH/c1-24-10-12-29-30(21-24)36(17-16-35-15-6-7-25(23-35)14-20-40-2)18-19-37-31-22-27(34(38)39)11-13-28(31)32(33(29)37)26-8-4-3-5-9-26;1-25-12-14-30-31(22-25)36(18-17-35-16-7-8-27(24-35)15-21-38-3)19-20-37-32-23-26(2)11-13-29(32)33(34(30)37)28-9-5-4-6-10-28;2-1-3;;/h10-13,21-22,25-26H,3-9,14-20,23H2,1-2H3,(H,38,39);11-14,22-23,27-28H,4-10,15-21,24H2,1-3H3;;2*1H/t25-;27-;;;/m00.../s1. The number of anilines is 2. The third-order valence-corrected chi connectivity index (χ3v) is 19.4. The maximum absolute atomic E-state index is 12.0. The molecule has 14 heteroatoms. The van der Waals surface area contributed by atoms with Gasteiger partial charge in [0.2, 0.25) is 0 Å². The van der Waals surface area contributed by atoms with Crippen LogP contribution in [0.5, 0.6) is 0 Å². The van der Waals surface area contributed by atoms with E-state index in [1.165, 1.54) is 195 Å². The van der Waals surface area contributed by atoms with E-state index >= 15 is 0 Å². The molecule has 0 radical (unpaired) electrons. The number of aromatic nitrogens is 2. The number of piperidine rings is 2. The normalized spacial score (nSPS) is 19.5. The number of carboxylic acid groups (broad SMARTS) is 1. The van der Waals surface area contributed by atoms with Crippen LogP contribution in [-0.2, 0) is 32.2 Å². The Kier molecular flexibility index (Phi) is 23.3. The number of rotatable bonds is 15. The van der Waals surface area contributed by atoms with Crippen LogP contribution in [-0.4, -0.2) is 129 Å². The van der Waals surface area contributed by atoms with Gasteiger partial charge in [0.1, 0.15) is 0 Å². The summed E-state index contributed by atoms with van der Waals surface area (Å²) in [7, 11) is 3.64. The van der Waals surface area contributed by atoms with Crippen molar-refractivity contribution in [3.8, 4) is 22.5 Å². The van der Waals surface area contributed by atoms with Crippen LogP contribution in [0.1, 0.15) is 153 Å². The lowest BCUT2D eigenvalue weighted by molar-refractivity contribution is -0.191. The molecule has 12 rings (SSSR count). The second kappa shape index (κ2) is 30.3. The largest absolute Gasteiger partial charge is 0.478 e. The smallest absolute Gasteiger partial charge is 0.373 e. The molecule has 4 aliphatic heterocycles. The second-order valence-corrected chi connectivity index (χ2v) is 24.8. The summed E-state index contributed by atoms with van der Waals surface area (Å²) in [6.45, 7) is 21.6. The van der Waals surface area contributed by atoms with Crippen molar-refractivity contribution in [1.29, 1.82) is 0 Å². The average molecular weight is 1170 g/mol. The first-order valence-electron chi connectivity index (χ1n) is 31.2. The van der Waals surface area contributed by atoms with Gasteiger partial charge >= 0.3 is 12.1 Å². The average Bonchev–Trinajstić information content (AvgIpc) is 2.42. The van der Waals surface area contributed by atoms with Gasteiger partial charge in [-0.3, -0.25) is 0 Å². The number of aromatic carboxylic acids is 1. The molecule has 12 nitrogen and oxygen atoms in total. The fraction of sp³-hybridized carbons (Fsp3) is 0.565. The molecule has 2 aromatic heterocycles. The van der Waals surface area contributed by atoms with Crippen molar-refractivity contribution in [2.24, 2.45) is 11.8 Å². The molecular formula is C69H94Cl2N6O6. The Balaban J connectivity index is 0.000000203. The van der Waals surface area contributed by atoms with E-state index in [0.29, 0.717) is 17.4 Å². The Morgan fingerprint density at radius 3 is 1.39 bits per heavy atom. The molecule has 4 aromatic carbocycles. The molecule has 0 bridgehead atoms. The molecule has 0 amide bonds. The number of fused-ring (bicyclic) bond motifs is 10. The number of halogens is 2. The third-order valence-electron chi connectivity index (χ3n) is 19.4. The Morgan fingerprint density at radius 2 is 0.940 bits per heavy atom. The Hall–Kier alpha value is -5.17. The van der Waals surface area contributed by atoms with E-state index in [2.05, 4.69) is 110 Å². The van der Waals surface area contributed by atoms with Gasteiger partial charge in [-0.15, -0.1) is 24.8 Å². The van der Waals surface area contributed by atoms with Gasteiger partial charge in [0.05, 0.1) is 17.0 Å². The van der Waals surface area contributed by atoms with Gasteiger partial charge in [-0.05, 0) is 180 Å². The predicted octanol–water partition coefficient (Wildman–Crippen LogP) is 14.7. The summed E-state index contributed by atoms with van der Waals surface area (Å²) in [5, 5.41) is 12.6. The third kappa shape index (κ3) is 14.7. The summed E-state index contributed by atoms with van der Waals surface area (Å²) in [6, 6.07) is 27.2. The van der Waals surface area contributed by atoms with Crippen molar-refractivity contribution in [2.75, 3.05) is 103 Å².